The van der Waals surface area contributed by atoms with Gasteiger partial charge in [0.05, 0.1) is 94.2 Å². The summed E-state index contributed by atoms with van der Waals surface area (Å²) < 4.78 is 25.0. The normalized spacial score (nSPS) is 12.8. The fraction of sp³-hybridized carbons (Fsp3) is 0. The van der Waals surface area contributed by atoms with Crippen LogP contribution in [0.2, 0.25) is 0 Å². The Hall–Kier alpha value is -15.5. The number of anilines is 9. The summed E-state index contributed by atoms with van der Waals surface area (Å²) in [5.74, 6) is 1.24. The predicted molar refractivity (Wildman–Crippen MR) is 610 cm³/mol. The van der Waals surface area contributed by atoms with Crippen molar-refractivity contribution < 1.29 is 8.83 Å². The number of thiazole rings is 4. The van der Waals surface area contributed by atoms with Gasteiger partial charge in [0.25, 0.3) is 0 Å². The van der Waals surface area contributed by atoms with Crippen LogP contribution in [0.25, 0.3) is 210 Å². The van der Waals surface area contributed by atoms with Crippen molar-refractivity contribution in [3.8, 4) is 65.2 Å². The highest BCUT2D eigenvalue weighted by Gasteiger charge is 2.34. The fourth-order valence-electron chi connectivity index (χ4n) is 20.2. The first-order chi connectivity index (χ1) is 70.7. The maximum absolute atomic E-state index is 6.15. The fourth-order valence-corrected chi connectivity index (χ4v) is 31.5. The number of oxazole rings is 2. The highest BCUT2D eigenvalue weighted by atomic mass is 32.2. The molecule has 0 aliphatic carbocycles. The molecule has 0 spiro atoms. The van der Waals surface area contributed by atoms with Gasteiger partial charge in [-0.05, 0) is 258 Å². The van der Waals surface area contributed by atoms with Crippen LogP contribution < -0.4 is 14.7 Å². The van der Waals surface area contributed by atoms with Crippen molar-refractivity contribution >= 4 is 311 Å². The number of fused-ring (bicyclic) bond motifs is 27. The molecular weight excluding hydrogens is 1940 g/mol. The molecule has 143 heavy (non-hydrogen) atoms. The van der Waals surface area contributed by atoms with Gasteiger partial charge in [0.2, 0.25) is 11.8 Å². The first-order valence-electron chi connectivity index (χ1n) is 46.8. The molecule has 0 unspecified atom stereocenters. The quantitative estimate of drug-likeness (QED) is 0.137. The Morgan fingerprint density at radius 2 is 0.573 bits per heavy atom. The zero-order chi connectivity index (χ0) is 93.6. The summed E-state index contributed by atoms with van der Waals surface area (Å²) >= 11 is 18.2. The summed E-state index contributed by atoms with van der Waals surface area (Å²) in [5, 5.41) is 17.3. The average Bonchev–Trinajstić information content (AvgIpc) is 0.895. The monoisotopic (exact) mass is 2010 g/mol. The van der Waals surface area contributed by atoms with Crippen LogP contribution in [0.4, 0.5) is 51.2 Å². The lowest BCUT2D eigenvalue weighted by Gasteiger charge is -2.33. The van der Waals surface area contributed by atoms with Crippen molar-refractivity contribution in [1.82, 2.24) is 29.9 Å². The Balaban J connectivity index is 0.000000100. The molecule has 0 radical (unpaired) electrons. The molecule has 0 atom stereocenters. The number of hydrogen-bond acceptors (Lipinski definition) is 21. The van der Waals surface area contributed by atoms with E-state index in [1.807, 2.05) is 106 Å². The second kappa shape index (κ2) is 33.6. The van der Waals surface area contributed by atoms with E-state index >= 15 is 0 Å². The minimum atomic E-state index is 0.618. The van der Waals surface area contributed by atoms with Crippen molar-refractivity contribution in [2.24, 2.45) is 0 Å². The summed E-state index contributed by atoms with van der Waals surface area (Å²) in [6.07, 6.45) is 0. The van der Waals surface area contributed by atoms with Gasteiger partial charge in [0, 0.05) is 121 Å². The standard InChI is InChI=1S/2C42H23N3S4.C38H21N3O2S2/c1-2-8-28-24(7-1)16-22-36-38(28)29-19-21-33-40(39(29)46-36)47-37-23-26(42-44-31-10-4-6-12-35(31)49-42)15-20-32(37)45(33)27-17-13-25(14-18-27)41-43-30-9-3-5-11-34(30)48-41;1-2-8-28-24(7-1)15-19-29-30-20-22-34-40(39(30)49-38(28)29)46-37-23-26(42-44-32-10-4-6-12-36(32)48-42)16-21-33(37)45(34)27-17-13-25(14-18-27)41-43-31-9-3-5-11-35(31)47-41;1-6-12-33-25(7-1)26-20-36-30(21-34(26)44-33)41(24-16-13-22(14-17-24)37-39-27-8-2-4-10-31(27)42-37)29-18-15-23(19-35(29)45-36)38-40-28-9-3-5-11-32(28)43-38/h2*1-23H;1-21H. The molecular formula is C122H67N9O2S10. The number of thiophene rings is 3. The number of rotatable bonds is 9. The van der Waals surface area contributed by atoms with Crippen LogP contribution in [0.15, 0.2) is 445 Å². The zero-order valence-corrected chi connectivity index (χ0v) is 83.3. The highest BCUT2D eigenvalue weighted by molar-refractivity contribution is 8.00. The van der Waals surface area contributed by atoms with Gasteiger partial charge in [-0.25, -0.2) is 29.9 Å². The van der Waals surface area contributed by atoms with E-state index in [-0.39, 0.29) is 0 Å². The molecule has 0 amide bonds. The lowest BCUT2D eigenvalue weighted by atomic mass is 10.0. The van der Waals surface area contributed by atoms with Crippen LogP contribution in [0.5, 0.6) is 0 Å². The molecule has 32 rings (SSSR count). The van der Waals surface area contributed by atoms with E-state index < -0.39 is 0 Å². The van der Waals surface area contributed by atoms with Crippen LogP contribution in [0, 0.1) is 0 Å². The maximum Gasteiger partial charge on any atom is 0.227 e. The number of para-hydroxylation sites is 8. The molecule has 0 N–H and O–H groups in total. The molecule has 0 saturated heterocycles. The van der Waals surface area contributed by atoms with Gasteiger partial charge in [0.15, 0.2) is 11.2 Å². The third-order valence-corrected chi connectivity index (χ3v) is 38.6. The number of benzene rings is 20. The molecule has 20 aromatic carbocycles. The number of hydrogen-bond donors (Lipinski definition) is 0. The summed E-state index contributed by atoms with van der Waals surface area (Å²) in [5.41, 5.74) is 24.3. The van der Waals surface area contributed by atoms with Gasteiger partial charge in [-0.3, -0.25) is 0 Å². The summed E-state index contributed by atoms with van der Waals surface area (Å²) in [6, 6.07) is 145. The van der Waals surface area contributed by atoms with E-state index in [1.54, 1.807) is 57.1 Å². The molecule has 11 nitrogen and oxygen atoms in total. The second-order valence-corrected chi connectivity index (χ2v) is 45.9. The lowest BCUT2D eigenvalue weighted by Crippen LogP contribution is -2.14. The van der Waals surface area contributed by atoms with E-state index in [2.05, 4.69) is 373 Å². The smallest absolute Gasteiger partial charge is 0.227 e. The zero-order valence-electron chi connectivity index (χ0n) is 75.1. The molecule has 0 bridgehead atoms. The molecule has 29 aromatic rings. The Morgan fingerprint density at radius 1 is 0.196 bits per heavy atom. The topological polar surface area (TPSA) is 113 Å². The highest BCUT2D eigenvalue weighted by Crippen LogP contribution is 2.62. The molecule has 672 valence electrons. The van der Waals surface area contributed by atoms with Crippen LogP contribution in [0.1, 0.15) is 0 Å². The Labute approximate surface area is 857 Å². The maximum atomic E-state index is 6.15. The van der Waals surface area contributed by atoms with Crippen molar-refractivity contribution in [2.75, 3.05) is 14.7 Å². The van der Waals surface area contributed by atoms with E-state index in [1.165, 1.54) is 148 Å². The van der Waals surface area contributed by atoms with E-state index in [9.17, 15) is 0 Å². The molecule has 12 heterocycles. The molecule has 0 saturated carbocycles. The summed E-state index contributed by atoms with van der Waals surface area (Å²) in [6.45, 7) is 0. The van der Waals surface area contributed by atoms with Crippen molar-refractivity contribution in [3.63, 3.8) is 0 Å². The first kappa shape index (κ1) is 83.3. The largest absolute Gasteiger partial charge is 0.436 e. The van der Waals surface area contributed by atoms with Crippen LogP contribution in [-0.2, 0) is 0 Å². The first-order valence-corrected chi connectivity index (χ1v) is 54.9. The molecule has 9 aromatic heterocycles. The lowest BCUT2D eigenvalue weighted by molar-refractivity contribution is 0.619. The van der Waals surface area contributed by atoms with E-state index in [0.717, 1.165) is 131 Å². The Morgan fingerprint density at radius 3 is 1.10 bits per heavy atom. The Bertz CT molecular complexity index is 9860. The third-order valence-electron chi connectivity index (χ3n) is 27.0. The van der Waals surface area contributed by atoms with Crippen LogP contribution in [0.3, 0.4) is 0 Å². The van der Waals surface area contributed by atoms with Crippen molar-refractivity contribution in [3.05, 3.63) is 406 Å². The molecule has 21 heteroatoms. The average molecular weight is 2010 g/mol. The van der Waals surface area contributed by atoms with Gasteiger partial charge in [-0.15, -0.1) is 79.4 Å². The summed E-state index contributed by atoms with van der Waals surface area (Å²) in [7, 11) is 0. The van der Waals surface area contributed by atoms with Gasteiger partial charge in [0.1, 0.15) is 31.1 Å². The minimum Gasteiger partial charge on any atom is -0.436 e. The minimum absolute atomic E-state index is 0.618. The van der Waals surface area contributed by atoms with Gasteiger partial charge in [-0.1, -0.05) is 205 Å². The predicted octanol–water partition coefficient (Wildman–Crippen LogP) is 39.0. The van der Waals surface area contributed by atoms with E-state index in [0.29, 0.717) is 11.8 Å². The second-order valence-electron chi connectivity index (χ2n) is 35.4. The third kappa shape index (κ3) is 14.1. The molecule has 3 aliphatic heterocycles. The number of nitrogens with zero attached hydrogens (tertiary/aromatic N) is 9. The van der Waals surface area contributed by atoms with Crippen LogP contribution >= 0.6 is 115 Å². The van der Waals surface area contributed by atoms with Gasteiger partial charge >= 0.3 is 0 Å². The van der Waals surface area contributed by atoms with Gasteiger partial charge < -0.3 is 23.5 Å². The number of aromatic nitrogens is 6. The van der Waals surface area contributed by atoms with Crippen molar-refractivity contribution in [1.29, 1.82) is 0 Å². The van der Waals surface area contributed by atoms with Gasteiger partial charge in [-0.2, -0.15) is 0 Å². The van der Waals surface area contributed by atoms with Crippen molar-refractivity contribution in [2.45, 2.75) is 29.4 Å². The van der Waals surface area contributed by atoms with E-state index in [4.69, 9.17) is 38.7 Å². The molecule has 0 fully saturated rings. The SMILES string of the molecule is c1ccc2c(c1)ccc1c3ccc4c(c3sc21)Sc1cc(-c2nc3ccccc3s2)ccc1N4c1ccc(-c2nc3ccccc3s2)cc1.c1ccc2c(c1)ccc1sc3c4c(ccc3c12)N(c1ccc(-c2nc3ccccc3s2)cc1)c1ccc(-c2nc3ccccc3s2)cc1S4.c1ccc2oc(-c3ccc(N4c5ccc(-c6nc7ccccc7o6)cc5Sc5cc6c(cc54)sc4ccccc46)cc3)nc2c1. The molecule has 3 aliphatic rings. The summed E-state index contributed by atoms with van der Waals surface area (Å²) in [4.78, 5) is 44.0. The van der Waals surface area contributed by atoms with Crippen LogP contribution in [-0.4, -0.2) is 29.9 Å². The Kier molecular flexibility index (Phi) is 19.6.